The minimum atomic E-state index is -0.960. The normalized spacial score (nSPS) is 19.6. The average Bonchev–Trinajstić information content (AvgIpc) is 2.79. The maximum Gasteiger partial charge on any atom is 0.339 e. The van der Waals surface area contributed by atoms with Crippen molar-refractivity contribution in [2.45, 2.75) is 6.42 Å². The number of anilines is 1. The van der Waals surface area contributed by atoms with Gasteiger partial charge in [0.15, 0.2) is 0 Å². The Labute approximate surface area is 93.5 Å². The zero-order chi connectivity index (χ0) is 11.4. The number of carboxylic acids is 1. The Morgan fingerprint density at radius 2 is 2.56 bits per heavy atom. The Bertz CT molecular complexity index is 375. The minimum Gasteiger partial charge on any atom is -0.478 e. The number of aromatic carboxylic acids is 1. The quantitative estimate of drug-likeness (QED) is 0.801. The van der Waals surface area contributed by atoms with Crippen molar-refractivity contribution in [3.8, 4) is 0 Å². The Balaban J connectivity index is 2.00. The van der Waals surface area contributed by atoms with E-state index >= 15 is 0 Å². The fourth-order valence-corrected chi connectivity index (χ4v) is 1.72. The number of aromatic nitrogens is 1. The van der Waals surface area contributed by atoms with E-state index in [1.807, 2.05) is 0 Å². The first-order chi connectivity index (χ1) is 7.77. The molecule has 0 bridgehead atoms. The van der Waals surface area contributed by atoms with Crippen LogP contribution in [0.1, 0.15) is 16.8 Å². The molecule has 86 valence electrons. The summed E-state index contributed by atoms with van der Waals surface area (Å²) in [5.74, 6) is -0.493. The molecular formula is C11H14N2O3. The van der Waals surface area contributed by atoms with Crippen LogP contribution in [0.2, 0.25) is 0 Å². The molecule has 1 aliphatic rings. The maximum atomic E-state index is 10.9. The van der Waals surface area contributed by atoms with E-state index in [1.165, 1.54) is 6.20 Å². The molecule has 0 amide bonds. The molecule has 5 nitrogen and oxygen atoms in total. The molecule has 1 atom stereocenters. The number of pyridine rings is 1. The Morgan fingerprint density at radius 3 is 3.25 bits per heavy atom. The van der Waals surface area contributed by atoms with E-state index in [1.54, 1.807) is 12.3 Å². The molecule has 0 radical (unpaired) electrons. The molecule has 16 heavy (non-hydrogen) atoms. The van der Waals surface area contributed by atoms with Crippen molar-refractivity contribution < 1.29 is 14.6 Å². The molecule has 0 aliphatic carbocycles. The van der Waals surface area contributed by atoms with Crippen molar-refractivity contribution in [2.24, 2.45) is 5.92 Å². The summed E-state index contributed by atoms with van der Waals surface area (Å²) < 4.78 is 5.25. The summed E-state index contributed by atoms with van der Waals surface area (Å²) >= 11 is 0. The molecule has 2 N–H and O–H groups in total. The predicted octanol–water partition coefficient (Wildman–Crippen LogP) is 1.23. The van der Waals surface area contributed by atoms with Gasteiger partial charge in [0.05, 0.1) is 12.3 Å². The van der Waals surface area contributed by atoms with Crippen LogP contribution in [0.5, 0.6) is 0 Å². The number of nitrogens with one attached hydrogen (secondary N) is 1. The number of hydrogen-bond acceptors (Lipinski definition) is 4. The third kappa shape index (κ3) is 2.49. The van der Waals surface area contributed by atoms with Gasteiger partial charge >= 0.3 is 5.97 Å². The molecule has 5 heteroatoms. The zero-order valence-electron chi connectivity index (χ0n) is 8.85. The summed E-state index contributed by atoms with van der Waals surface area (Å²) in [5.41, 5.74) is 0.829. The van der Waals surface area contributed by atoms with Gasteiger partial charge in [-0.1, -0.05) is 0 Å². The van der Waals surface area contributed by atoms with Gasteiger partial charge in [-0.2, -0.15) is 0 Å². The number of hydrogen-bond donors (Lipinski definition) is 2. The van der Waals surface area contributed by atoms with Crippen LogP contribution >= 0.6 is 0 Å². The smallest absolute Gasteiger partial charge is 0.339 e. The number of carboxylic acid groups (broad SMARTS) is 1. The van der Waals surface area contributed by atoms with Crippen LogP contribution in [0.25, 0.3) is 0 Å². The lowest BCUT2D eigenvalue weighted by Crippen LogP contribution is -2.16. The summed E-state index contributed by atoms with van der Waals surface area (Å²) in [6.07, 6.45) is 3.97. The molecule has 1 saturated heterocycles. The van der Waals surface area contributed by atoms with Crippen molar-refractivity contribution in [3.05, 3.63) is 24.0 Å². The van der Waals surface area contributed by atoms with Crippen molar-refractivity contribution in [1.29, 1.82) is 0 Å². The van der Waals surface area contributed by atoms with Crippen LogP contribution in [0.15, 0.2) is 18.5 Å². The molecule has 1 aliphatic heterocycles. The first-order valence-corrected chi connectivity index (χ1v) is 5.26. The van der Waals surface area contributed by atoms with E-state index < -0.39 is 5.97 Å². The van der Waals surface area contributed by atoms with Crippen LogP contribution < -0.4 is 5.32 Å². The summed E-state index contributed by atoms with van der Waals surface area (Å²) in [4.78, 5) is 14.7. The lowest BCUT2D eigenvalue weighted by molar-refractivity contribution is 0.0697. The van der Waals surface area contributed by atoms with Crippen LogP contribution in [-0.4, -0.2) is 35.8 Å². The number of nitrogens with zero attached hydrogens (tertiary/aromatic N) is 1. The van der Waals surface area contributed by atoms with E-state index in [0.717, 1.165) is 26.2 Å². The number of ether oxygens (including phenoxy) is 1. The number of carbonyl (C=O) groups is 1. The van der Waals surface area contributed by atoms with E-state index in [4.69, 9.17) is 9.84 Å². The van der Waals surface area contributed by atoms with Gasteiger partial charge in [-0.05, 0) is 12.5 Å². The lowest BCUT2D eigenvalue weighted by Gasteiger charge is -2.12. The van der Waals surface area contributed by atoms with Gasteiger partial charge in [0.25, 0.3) is 0 Å². The second kappa shape index (κ2) is 4.94. The highest BCUT2D eigenvalue weighted by Crippen LogP contribution is 2.17. The molecule has 0 aromatic carbocycles. The van der Waals surface area contributed by atoms with Gasteiger partial charge in [-0.25, -0.2) is 4.79 Å². The molecule has 1 unspecified atom stereocenters. The maximum absolute atomic E-state index is 10.9. The standard InChI is InChI=1S/C11H14N2O3/c14-11(15)9-6-12-3-1-10(9)13-5-8-2-4-16-7-8/h1,3,6,8H,2,4-5,7H2,(H,12,13)(H,14,15). The first kappa shape index (κ1) is 10.9. The van der Waals surface area contributed by atoms with Gasteiger partial charge in [-0.15, -0.1) is 0 Å². The van der Waals surface area contributed by atoms with Crippen molar-refractivity contribution in [1.82, 2.24) is 4.98 Å². The van der Waals surface area contributed by atoms with Crippen LogP contribution in [0.3, 0.4) is 0 Å². The Morgan fingerprint density at radius 1 is 1.69 bits per heavy atom. The highest BCUT2D eigenvalue weighted by molar-refractivity contribution is 5.93. The highest BCUT2D eigenvalue weighted by Gasteiger charge is 2.16. The van der Waals surface area contributed by atoms with Crippen molar-refractivity contribution in [3.63, 3.8) is 0 Å². The monoisotopic (exact) mass is 222 g/mol. The summed E-state index contributed by atoms with van der Waals surface area (Å²) in [6.45, 7) is 2.29. The molecule has 0 spiro atoms. The van der Waals surface area contributed by atoms with E-state index in [9.17, 15) is 4.79 Å². The van der Waals surface area contributed by atoms with E-state index in [0.29, 0.717) is 11.6 Å². The molecule has 1 aromatic heterocycles. The topological polar surface area (TPSA) is 71.5 Å². The molecule has 2 rings (SSSR count). The average molecular weight is 222 g/mol. The van der Waals surface area contributed by atoms with Crippen LogP contribution in [-0.2, 0) is 4.74 Å². The van der Waals surface area contributed by atoms with Gasteiger partial charge in [0, 0.05) is 31.5 Å². The van der Waals surface area contributed by atoms with Gasteiger partial charge < -0.3 is 15.2 Å². The second-order valence-corrected chi connectivity index (χ2v) is 3.84. The first-order valence-electron chi connectivity index (χ1n) is 5.26. The lowest BCUT2D eigenvalue weighted by atomic mass is 10.1. The van der Waals surface area contributed by atoms with Crippen molar-refractivity contribution >= 4 is 11.7 Å². The highest BCUT2D eigenvalue weighted by atomic mass is 16.5. The molecular weight excluding hydrogens is 208 g/mol. The summed E-state index contributed by atoms with van der Waals surface area (Å²) in [5, 5.41) is 12.1. The molecule has 2 heterocycles. The Hall–Kier alpha value is -1.62. The summed E-state index contributed by atoms with van der Waals surface area (Å²) in [6, 6.07) is 1.68. The molecule has 0 saturated carbocycles. The summed E-state index contributed by atoms with van der Waals surface area (Å²) in [7, 11) is 0. The van der Waals surface area contributed by atoms with Gasteiger partial charge in [0.2, 0.25) is 0 Å². The fourth-order valence-electron chi connectivity index (χ4n) is 1.72. The third-order valence-corrected chi connectivity index (χ3v) is 2.66. The van der Waals surface area contributed by atoms with Crippen molar-refractivity contribution in [2.75, 3.05) is 25.1 Å². The molecule has 1 fully saturated rings. The van der Waals surface area contributed by atoms with Gasteiger partial charge in [0.1, 0.15) is 5.56 Å². The Kier molecular flexibility index (Phi) is 3.36. The third-order valence-electron chi connectivity index (χ3n) is 2.66. The van der Waals surface area contributed by atoms with Crippen LogP contribution in [0, 0.1) is 5.92 Å². The van der Waals surface area contributed by atoms with E-state index in [-0.39, 0.29) is 5.56 Å². The SMILES string of the molecule is O=C(O)c1cnccc1NCC1CCOC1. The largest absolute Gasteiger partial charge is 0.478 e. The predicted molar refractivity (Wildman–Crippen MR) is 58.6 cm³/mol. The minimum absolute atomic E-state index is 0.210. The zero-order valence-corrected chi connectivity index (χ0v) is 8.85. The fraction of sp³-hybridized carbons (Fsp3) is 0.455. The van der Waals surface area contributed by atoms with Crippen LogP contribution in [0.4, 0.5) is 5.69 Å². The van der Waals surface area contributed by atoms with Gasteiger partial charge in [-0.3, -0.25) is 4.98 Å². The molecule has 1 aromatic rings. The number of rotatable bonds is 4. The second-order valence-electron chi connectivity index (χ2n) is 3.84. The van der Waals surface area contributed by atoms with E-state index in [2.05, 4.69) is 10.3 Å².